The molecule has 1 saturated carbocycles. The second kappa shape index (κ2) is 45.2. The summed E-state index contributed by atoms with van der Waals surface area (Å²) in [7, 11) is 0. The number of aliphatic hydroxyl groups is 2. The Kier molecular flexibility index (Phi) is 32.6. The summed E-state index contributed by atoms with van der Waals surface area (Å²) in [6.45, 7) is 24.8. The first kappa shape index (κ1) is 96.6. The van der Waals surface area contributed by atoms with E-state index in [1.54, 1.807) is 36.7 Å². The van der Waals surface area contributed by atoms with E-state index in [0.717, 1.165) is 130 Å². The van der Waals surface area contributed by atoms with Crippen LogP contribution in [0.2, 0.25) is 0 Å². The number of aliphatic hydroxyl groups excluding tert-OH is 2. The van der Waals surface area contributed by atoms with Crippen LogP contribution in [0, 0.1) is 16.0 Å². The molecule has 0 atom stereocenters. The topological polar surface area (TPSA) is 406 Å². The highest BCUT2D eigenvalue weighted by atomic mass is 19.4. The zero-order valence-corrected chi connectivity index (χ0v) is 76.9. The number of hydrogen-bond donors (Lipinski definition) is 11. The van der Waals surface area contributed by atoms with E-state index in [4.69, 9.17) is 10.7 Å². The number of pyridine rings is 6. The minimum atomic E-state index is -4.99. The molecule has 0 saturated heterocycles. The highest BCUT2D eigenvalue weighted by Crippen LogP contribution is 2.36. The maximum absolute atomic E-state index is 12.6. The highest BCUT2D eigenvalue weighted by Gasteiger charge is 2.39. The zero-order valence-electron chi connectivity index (χ0n) is 76.9. The molecule has 0 radical (unpaired) electrons. The van der Waals surface area contributed by atoms with Crippen LogP contribution < -0.4 is 48.3 Å². The minimum absolute atomic E-state index is 0.00181. The molecule has 1 aliphatic carbocycles. The Balaban J connectivity index is 0.000000143. The van der Waals surface area contributed by atoms with Gasteiger partial charge in [0.25, 0.3) is 5.65 Å². The van der Waals surface area contributed by atoms with E-state index in [1.807, 2.05) is 175 Å². The molecule has 1 amide bonds. The van der Waals surface area contributed by atoms with Crippen LogP contribution in [0.5, 0.6) is 0 Å². The highest BCUT2D eigenvalue weighted by molar-refractivity contribution is 5.97. The normalized spacial score (nSPS) is 13.1. The number of hydrogen-bond acceptors (Lipinski definition) is 25. The molecule has 134 heavy (non-hydrogen) atoms. The average Bonchev–Trinajstić information content (AvgIpc) is 1.67. The summed E-state index contributed by atoms with van der Waals surface area (Å²) in [5, 5.41) is 55.4. The predicted molar refractivity (Wildman–Crippen MR) is 524 cm³/mol. The van der Waals surface area contributed by atoms with Gasteiger partial charge in [-0.05, 0) is 158 Å². The van der Waals surface area contributed by atoms with Crippen LogP contribution in [0.15, 0.2) is 232 Å². The lowest BCUT2D eigenvalue weighted by atomic mass is 9.83. The molecule has 11 aromatic heterocycles. The monoisotopic (exact) mass is 1820 g/mol. The summed E-state index contributed by atoms with van der Waals surface area (Å²) in [4.78, 5) is 82.5. The molecule has 35 heteroatoms. The molecule has 698 valence electrons. The van der Waals surface area contributed by atoms with Gasteiger partial charge in [-0.1, -0.05) is 152 Å². The molecule has 0 spiro atoms. The smallest absolute Gasteiger partial charge is 0.394 e. The van der Waals surface area contributed by atoms with Crippen molar-refractivity contribution in [2.24, 2.45) is 5.92 Å². The third-order valence-corrected chi connectivity index (χ3v) is 22.4. The van der Waals surface area contributed by atoms with E-state index in [0.29, 0.717) is 88.8 Å². The maximum atomic E-state index is 12.6. The second-order valence-electron chi connectivity index (χ2n) is 34.2. The largest absolute Gasteiger partial charge is 0.471 e. The first-order valence-electron chi connectivity index (χ1n) is 44.8. The third-order valence-electron chi connectivity index (χ3n) is 22.4. The number of nitrogens with two attached hydrogens (primary N) is 1. The third kappa shape index (κ3) is 25.4. The molecule has 0 aliphatic heterocycles. The Morgan fingerprint density at radius 3 is 1.15 bits per heavy atom. The van der Waals surface area contributed by atoms with Crippen molar-refractivity contribution in [1.29, 1.82) is 0 Å². The number of nitrogens with one attached hydrogen (secondary N) is 8. The Hall–Kier alpha value is -15.0. The summed E-state index contributed by atoms with van der Waals surface area (Å²) in [6.07, 6.45) is 10.6. The van der Waals surface area contributed by atoms with E-state index in [9.17, 15) is 43.1 Å². The summed E-state index contributed by atoms with van der Waals surface area (Å²) in [6, 6.07) is 63.5. The van der Waals surface area contributed by atoms with Crippen molar-refractivity contribution >= 4 is 125 Å². The second-order valence-corrected chi connectivity index (χ2v) is 34.2. The van der Waals surface area contributed by atoms with Gasteiger partial charge in [0, 0.05) is 111 Å². The van der Waals surface area contributed by atoms with E-state index in [1.165, 1.54) is 23.3 Å². The number of ketones is 1. The van der Waals surface area contributed by atoms with Crippen LogP contribution in [0.25, 0.3) is 67.1 Å². The van der Waals surface area contributed by atoms with Crippen molar-refractivity contribution in [3.05, 3.63) is 270 Å². The lowest BCUT2D eigenvalue weighted by Crippen LogP contribution is -2.30. The Labute approximate surface area is 774 Å². The molecule has 32 nitrogen and oxygen atoms in total. The zero-order chi connectivity index (χ0) is 95.1. The number of halogens is 3. The average molecular weight is 1820 g/mol. The van der Waals surface area contributed by atoms with Crippen LogP contribution in [0.1, 0.15) is 166 Å². The number of amides is 1. The Morgan fingerprint density at radius 1 is 0.440 bits per heavy atom. The SMILES string of the molecule is CC(=O)CC1CCC(Nc2cc(NCc3ccccc3)c3ncn(C(C)C)c3n2)CC1.CC(C)n1cnc2c(NCc3ccc(-c4ccccn4)cc3)cc(NC(CO)CO)nc21.CC(C)n1cnc2c(NCc3ccccc3)cc(N)nc21.CC(C)n1cnc2c(NCc3ccccc3)cc(NC(=O)C(F)(F)F)nc21.CC(C)n1cnc2c(NCc3ccccc3)cc([N+](=O)[O-])nc21. The van der Waals surface area contributed by atoms with Crippen LogP contribution in [0.3, 0.4) is 0 Å². The lowest BCUT2D eigenvalue weighted by Gasteiger charge is -2.29. The molecule has 11 heterocycles. The number of nitrogen functional groups attached to an aromatic ring is 1. The fraction of sp³-hybridized carbons (Fsp3) is 0.323. The van der Waals surface area contributed by atoms with E-state index >= 15 is 0 Å². The van der Waals surface area contributed by atoms with Gasteiger partial charge in [-0.3, -0.25) is 14.3 Å². The van der Waals surface area contributed by atoms with E-state index < -0.39 is 23.0 Å². The lowest BCUT2D eigenvalue weighted by molar-refractivity contribution is -0.389. The van der Waals surface area contributed by atoms with Gasteiger partial charge in [0.2, 0.25) is 0 Å². The molecule has 17 rings (SSSR count). The fourth-order valence-corrected chi connectivity index (χ4v) is 15.3. The summed E-state index contributed by atoms with van der Waals surface area (Å²) in [5.41, 5.74) is 24.5. The van der Waals surface area contributed by atoms with Gasteiger partial charge in [-0.25, -0.2) is 44.9 Å². The fourth-order valence-electron chi connectivity index (χ4n) is 15.3. The summed E-state index contributed by atoms with van der Waals surface area (Å²) >= 11 is 0. The first-order valence-corrected chi connectivity index (χ1v) is 44.8. The number of alkyl halides is 3. The molecule has 5 aromatic carbocycles. The van der Waals surface area contributed by atoms with Crippen molar-refractivity contribution < 1.29 is 37.9 Å². The van der Waals surface area contributed by atoms with Crippen molar-refractivity contribution in [2.45, 2.75) is 189 Å². The van der Waals surface area contributed by atoms with Crippen LogP contribution >= 0.6 is 0 Å². The number of rotatable bonds is 31. The number of carbonyl (C=O) groups excluding carboxylic acids is 2. The van der Waals surface area contributed by atoms with E-state index in [-0.39, 0.29) is 49.0 Å². The number of nitrogens with zero attached hydrogens (tertiary/aromatic N) is 17. The van der Waals surface area contributed by atoms with Gasteiger partial charge >= 0.3 is 17.9 Å². The summed E-state index contributed by atoms with van der Waals surface area (Å²) in [5.74, 6) is 0.357. The molecule has 0 bridgehead atoms. The maximum Gasteiger partial charge on any atom is 0.471 e. The van der Waals surface area contributed by atoms with Gasteiger partial charge < -0.3 is 91.7 Å². The molecular formula is C99H115F3N26O6. The number of anilines is 9. The predicted octanol–water partition coefficient (Wildman–Crippen LogP) is 19.9. The first-order chi connectivity index (χ1) is 64.5. The molecule has 1 fully saturated rings. The van der Waals surface area contributed by atoms with Gasteiger partial charge in [-0.2, -0.15) is 13.2 Å². The number of nitro groups is 1. The molecular weight excluding hydrogens is 1710 g/mol. The van der Waals surface area contributed by atoms with Gasteiger partial charge in [-0.15, -0.1) is 0 Å². The van der Waals surface area contributed by atoms with Crippen molar-refractivity contribution in [1.82, 2.24) is 77.7 Å². The number of Topliss-reactive ketones (excluding diaryl/α,β-unsaturated/α-hetero) is 1. The molecule has 0 unspecified atom stereocenters. The Morgan fingerprint density at radius 2 is 0.784 bits per heavy atom. The van der Waals surface area contributed by atoms with Crippen molar-refractivity contribution in [3.63, 3.8) is 0 Å². The standard InChI is InChI=1S/C25H33N5O.C24H28N6O2.C18H18F3N5O.C16H17N5O2.C16H19N5/c1-17(2)30-16-27-24-22(26-15-20-7-5-4-6-8-20)14-23(29-25(24)30)28-21-11-9-19(10-12-21)13-18(3)31;1-16(2)30-15-27-23-21(11-22(29-24(23)30)28-19(13-31)14-32)26-12-17-6-8-18(9-7-17)20-5-3-4-10-25-20;1-11(2)26-10-23-15-13(22-9-12-6-4-3-5-7-12)8-14(24-16(15)26)25-17(27)18(19,20)21;1-11(2)20-10-18-15-13(8-14(21(22)23)19-16(15)20)17-9-12-6-4-3-5-7-12;1-11(2)21-10-19-15-13(8-14(17)20-16(15)21)18-9-12-6-4-3-5-7-12/h4-8,14,16-17,19,21H,9-13,15H2,1-3H3,(H2,26,28,29);3-11,15-16,19,31-32H,12-14H2,1-2H3,(H2,26,28,29);3-8,10-11H,9H2,1-2H3,(H2,22,24,25,27);3-8,10-11H,9H2,1-2H3,(H,17,19);3-8,10-11H,9H2,1-2H3,(H3,17,18,20). The summed E-state index contributed by atoms with van der Waals surface area (Å²) < 4.78 is 47.5. The number of aromatic nitrogens is 16. The quantitative estimate of drug-likeness (QED) is 0.0142. The van der Waals surface area contributed by atoms with Gasteiger partial charge in [0.05, 0.1) is 91.1 Å². The van der Waals surface area contributed by atoms with Crippen LogP contribution in [-0.4, -0.2) is 136 Å². The number of benzene rings is 5. The van der Waals surface area contributed by atoms with Crippen LogP contribution in [-0.2, 0) is 42.3 Å². The number of fused-ring (bicyclic) bond motifs is 5. The van der Waals surface area contributed by atoms with Crippen LogP contribution in [0.4, 0.5) is 70.7 Å². The van der Waals surface area contributed by atoms with Crippen molar-refractivity contribution in [3.8, 4) is 11.3 Å². The van der Waals surface area contributed by atoms with Gasteiger partial charge in [0.15, 0.2) is 28.1 Å². The van der Waals surface area contributed by atoms with Crippen molar-refractivity contribution in [2.75, 3.05) is 61.5 Å². The van der Waals surface area contributed by atoms with Gasteiger partial charge in [0.1, 0.15) is 51.1 Å². The number of imidazole rings is 5. The Bertz CT molecular complexity index is 6540. The van der Waals surface area contributed by atoms with E-state index in [2.05, 4.69) is 200 Å². The molecule has 16 aromatic rings. The molecule has 1 aliphatic rings. The number of carbonyl (C=O) groups is 2. The minimum Gasteiger partial charge on any atom is -0.394 e. The molecule has 12 N–H and O–H groups in total.